The van der Waals surface area contributed by atoms with Gasteiger partial charge < -0.3 is 9.26 Å². The van der Waals surface area contributed by atoms with Crippen LogP contribution >= 0.6 is 23.4 Å². The quantitative estimate of drug-likeness (QED) is 0.637. The summed E-state index contributed by atoms with van der Waals surface area (Å²) >= 11 is 7.88. The van der Waals surface area contributed by atoms with E-state index in [9.17, 15) is 4.79 Å². The molecule has 0 unspecified atom stereocenters. The van der Waals surface area contributed by atoms with E-state index in [1.807, 2.05) is 12.3 Å². The smallest absolute Gasteiger partial charge is 0.339 e. The average Bonchev–Trinajstić information content (AvgIpc) is 2.83. The minimum Gasteiger partial charge on any atom is -0.465 e. The number of hydrogen-bond donors (Lipinski definition) is 0. The predicted molar refractivity (Wildman–Crippen MR) is 74.8 cm³/mol. The maximum Gasteiger partial charge on any atom is 0.339 e. The second-order valence-corrected chi connectivity index (χ2v) is 5.02. The Hall–Kier alpha value is -1.46. The Labute approximate surface area is 120 Å². The van der Waals surface area contributed by atoms with Crippen molar-refractivity contribution in [2.75, 3.05) is 13.4 Å². The minimum absolute atomic E-state index is 0.331. The molecule has 0 saturated heterocycles. The van der Waals surface area contributed by atoms with E-state index in [1.54, 1.807) is 19.2 Å². The van der Waals surface area contributed by atoms with E-state index in [0.29, 0.717) is 16.3 Å². The standard InChI is InChI=1S/C13H12ClNO3S/c1-7-9(6-15-18-7)11-10(19-3)5-4-8(12(11)14)13(16)17-2/h4-6H,1-3H3. The van der Waals surface area contributed by atoms with Crippen LogP contribution in [-0.4, -0.2) is 24.5 Å². The van der Waals surface area contributed by atoms with E-state index < -0.39 is 5.97 Å². The molecule has 1 aromatic carbocycles. The topological polar surface area (TPSA) is 52.3 Å². The summed E-state index contributed by atoms with van der Waals surface area (Å²) in [6.07, 6.45) is 3.53. The fourth-order valence-electron chi connectivity index (χ4n) is 1.79. The van der Waals surface area contributed by atoms with Crippen molar-refractivity contribution in [3.05, 3.63) is 34.7 Å². The molecule has 0 bridgehead atoms. The highest BCUT2D eigenvalue weighted by Crippen LogP contribution is 2.39. The molecule has 1 heterocycles. The van der Waals surface area contributed by atoms with Crippen LogP contribution in [0.5, 0.6) is 0 Å². The summed E-state index contributed by atoms with van der Waals surface area (Å²) in [6, 6.07) is 3.50. The highest BCUT2D eigenvalue weighted by Gasteiger charge is 2.20. The summed E-state index contributed by atoms with van der Waals surface area (Å²) in [7, 11) is 1.32. The van der Waals surface area contributed by atoms with Gasteiger partial charge in [0, 0.05) is 16.0 Å². The number of carbonyl (C=O) groups excluding carboxylic acids is 1. The summed E-state index contributed by atoms with van der Waals surface area (Å²) in [6.45, 7) is 1.80. The molecule has 0 aliphatic heterocycles. The van der Waals surface area contributed by atoms with Crippen LogP contribution < -0.4 is 0 Å². The highest BCUT2D eigenvalue weighted by molar-refractivity contribution is 7.98. The van der Waals surface area contributed by atoms with E-state index in [-0.39, 0.29) is 0 Å². The van der Waals surface area contributed by atoms with Crippen LogP contribution in [0, 0.1) is 6.92 Å². The molecule has 0 radical (unpaired) electrons. The molecule has 0 spiro atoms. The number of aromatic nitrogens is 1. The van der Waals surface area contributed by atoms with Crippen LogP contribution in [0.1, 0.15) is 16.1 Å². The van der Waals surface area contributed by atoms with Crippen molar-refractivity contribution in [1.29, 1.82) is 0 Å². The summed E-state index contributed by atoms with van der Waals surface area (Å²) in [4.78, 5) is 12.6. The van der Waals surface area contributed by atoms with Crippen molar-refractivity contribution >= 4 is 29.3 Å². The number of benzene rings is 1. The lowest BCUT2D eigenvalue weighted by Crippen LogP contribution is -2.03. The number of ether oxygens (including phenoxy) is 1. The van der Waals surface area contributed by atoms with Crippen LogP contribution in [0.4, 0.5) is 0 Å². The van der Waals surface area contributed by atoms with Crippen LogP contribution in [0.3, 0.4) is 0 Å². The first-order valence-electron chi connectivity index (χ1n) is 5.46. The van der Waals surface area contributed by atoms with Gasteiger partial charge in [0.2, 0.25) is 0 Å². The van der Waals surface area contributed by atoms with Gasteiger partial charge in [0.1, 0.15) is 5.76 Å². The zero-order chi connectivity index (χ0) is 14.0. The monoisotopic (exact) mass is 297 g/mol. The Balaban J connectivity index is 2.70. The summed E-state index contributed by atoms with van der Waals surface area (Å²) in [5.74, 6) is 0.187. The number of carbonyl (C=O) groups is 1. The zero-order valence-corrected chi connectivity index (χ0v) is 12.3. The summed E-state index contributed by atoms with van der Waals surface area (Å²) in [5, 5.41) is 4.10. The van der Waals surface area contributed by atoms with Crippen molar-refractivity contribution in [1.82, 2.24) is 5.16 Å². The summed E-state index contributed by atoms with van der Waals surface area (Å²) < 4.78 is 9.79. The van der Waals surface area contributed by atoms with Crippen LogP contribution in [0.25, 0.3) is 11.1 Å². The third-order valence-electron chi connectivity index (χ3n) is 2.75. The molecule has 1 aromatic heterocycles. The fraction of sp³-hybridized carbons (Fsp3) is 0.231. The Morgan fingerprint density at radius 2 is 2.21 bits per heavy atom. The Morgan fingerprint density at radius 3 is 2.74 bits per heavy atom. The van der Waals surface area contributed by atoms with Crippen LogP contribution in [0.2, 0.25) is 5.02 Å². The zero-order valence-electron chi connectivity index (χ0n) is 10.7. The maximum atomic E-state index is 11.7. The van der Waals surface area contributed by atoms with Crippen molar-refractivity contribution in [2.45, 2.75) is 11.8 Å². The molecule has 0 aliphatic carbocycles. The van der Waals surface area contributed by atoms with E-state index in [4.69, 9.17) is 20.9 Å². The van der Waals surface area contributed by atoms with Gasteiger partial charge in [-0.05, 0) is 25.3 Å². The Morgan fingerprint density at radius 1 is 1.47 bits per heavy atom. The van der Waals surface area contributed by atoms with Gasteiger partial charge in [-0.3, -0.25) is 0 Å². The van der Waals surface area contributed by atoms with Crippen molar-refractivity contribution < 1.29 is 14.1 Å². The second kappa shape index (κ2) is 5.67. The first kappa shape index (κ1) is 14.0. The first-order valence-corrected chi connectivity index (χ1v) is 7.06. The fourth-order valence-corrected chi connectivity index (χ4v) is 2.81. The minimum atomic E-state index is -0.465. The third-order valence-corrected chi connectivity index (χ3v) is 3.92. The van der Waals surface area contributed by atoms with Gasteiger partial charge >= 0.3 is 5.97 Å². The van der Waals surface area contributed by atoms with E-state index >= 15 is 0 Å². The SMILES string of the molecule is COC(=O)c1ccc(SC)c(-c2cnoc2C)c1Cl. The number of rotatable bonds is 3. The molecule has 0 N–H and O–H groups in total. The third kappa shape index (κ3) is 2.48. The molecule has 0 fully saturated rings. The highest BCUT2D eigenvalue weighted by atomic mass is 35.5. The Bertz CT molecular complexity index is 624. The lowest BCUT2D eigenvalue weighted by Gasteiger charge is -2.11. The normalized spacial score (nSPS) is 10.5. The van der Waals surface area contributed by atoms with E-state index in [1.165, 1.54) is 18.9 Å². The number of hydrogen-bond acceptors (Lipinski definition) is 5. The molecular weight excluding hydrogens is 286 g/mol. The molecule has 0 amide bonds. The maximum absolute atomic E-state index is 11.7. The molecular formula is C13H12ClNO3S. The number of methoxy groups -OCH3 is 1. The van der Waals surface area contributed by atoms with Gasteiger partial charge in [0.25, 0.3) is 0 Å². The Kier molecular flexibility index (Phi) is 4.17. The number of halogens is 1. The number of nitrogens with zero attached hydrogens (tertiary/aromatic N) is 1. The molecule has 0 atom stereocenters. The second-order valence-electron chi connectivity index (χ2n) is 3.79. The van der Waals surface area contributed by atoms with Gasteiger partial charge in [-0.1, -0.05) is 16.8 Å². The number of esters is 1. The lowest BCUT2D eigenvalue weighted by atomic mass is 10.0. The number of thioether (sulfide) groups is 1. The molecule has 2 rings (SSSR count). The van der Waals surface area contributed by atoms with Crippen molar-refractivity contribution in [2.24, 2.45) is 0 Å². The van der Waals surface area contributed by atoms with Gasteiger partial charge in [-0.2, -0.15) is 0 Å². The number of aryl methyl sites for hydroxylation is 1. The molecule has 4 nitrogen and oxygen atoms in total. The molecule has 19 heavy (non-hydrogen) atoms. The van der Waals surface area contributed by atoms with Crippen molar-refractivity contribution in [3.63, 3.8) is 0 Å². The van der Waals surface area contributed by atoms with Gasteiger partial charge in [0.15, 0.2) is 0 Å². The van der Waals surface area contributed by atoms with Crippen LogP contribution in [-0.2, 0) is 4.74 Å². The largest absolute Gasteiger partial charge is 0.465 e. The molecule has 2 aromatic rings. The molecule has 100 valence electrons. The van der Waals surface area contributed by atoms with Crippen LogP contribution in [0.15, 0.2) is 27.7 Å². The van der Waals surface area contributed by atoms with Gasteiger partial charge in [-0.15, -0.1) is 11.8 Å². The molecule has 0 saturated carbocycles. The van der Waals surface area contributed by atoms with Gasteiger partial charge in [0.05, 0.1) is 23.9 Å². The van der Waals surface area contributed by atoms with Gasteiger partial charge in [-0.25, -0.2) is 4.79 Å². The predicted octanol–water partition coefficient (Wildman–Crippen LogP) is 3.81. The summed E-state index contributed by atoms with van der Waals surface area (Å²) in [5.41, 5.74) is 1.86. The molecule has 0 aliphatic rings. The van der Waals surface area contributed by atoms with E-state index in [0.717, 1.165) is 16.0 Å². The average molecular weight is 298 g/mol. The first-order chi connectivity index (χ1) is 9.10. The van der Waals surface area contributed by atoms with Crippen molar-refractivity contribution in [3.8, 4) is 11.1 Å². The molecule has 6 heteroatoms. The lowest BCUT2D eigenvalue weighted by molar-refractivity contribution is 0.0601. The van der Waals surface area contributed by atoms with E-state index in [2.05, 4.69) is 5.16 Å².